The minimum Gasteiger partial charge on any atom is -0.448 e. The molecule has 0 amide bonds. The van der Waals surface area contributed by atoms with Crippen molar-refractivity contribution < 1.29 is 9.53 Å². The van der Waals surface area contributed by atoms with Gasteiger partial charge in [0, 0.05) is 31.9 Å². The van der Waals surface area contributed by atoms with Gasteiger partial charge in [-0.1, -0.05) is 0 Å². The Morgan fingerprint density at radius 2 is 2.08 bits per heavy atom. The van der Waals surface area contributed by atoms with E-state index in [1.54, 1.807) is 0 Å². The number of hydrogen-bond acceptors (Lipinski definition) is 5. The molecule has 76 valence electrons. The van der Waals surface area contributed by atoms with Crippen LogP contribution in [0, 0.1) is 0 Å². The predicted molar refractivity (Wildman–Crippen MR) is 53.9 cm³/mol. The van der Waals surface area contributed by atoms with Crippen molar-refractivity contribution in [2.45, 2.75) is 6.23 Å². The Balaban J connectivity index is 2.36. The molecule has 1 unspecified atom stereocenters. The van der Waals surface area contributed by atoms with Crippen molar-refractivity contribution in [1.29, 1.82) is 0 Å². The van der Waals surface area contributed by atoms with E-state index in [1.807, 2.05) is 0 Å². The van der Waals surface area contributed by atoms with Crippen LogP contribution in [0.15, 0.2) is 0 Å². The molecule has 0 aromatic rings. The third kappa shape index (κ3) is 3.17. The lowest BCUT2D eigenvalue weighted by Gasteiger charge is -2.35. The normalized spacial score (nSPS) is 22.6. The molecule has 1 rings (SSSR count). The molecule has 0 bridgehead atoms. The average molecular weight is 204 g/mol. The number of thiol groups is 1. The van der Waals surface area contributed by atoms with E-state index in [1.165, 1.54) is 0 Å². The molecule has 0 saturated carbocycles. The molecular weight excluding hydrogens is 188 g/mol. The van der Waals surface area contributed by atoms with Gasteiger partial charge in [0.1, 0.15) is 0 Å². The van der Waals surface area contributed by atoms with E-state index in [-0.39, 0.29) is 6.23 Å². The van der Waals surface area contributed by atoms with Gasteiger partial charge in [-0.25, -0.2) is 0 Å². The van der Waals surface area contributed by atoms with Gasteiger partial charge in [0.15, 0.2) is 6.23 Å². The second-order valence-electron chi connectivity index (χ2n) is 3.21. The smallest absolute Gasteiger partial charge is 0.294 e. The summed E-state index contributed by atoms with van der Waals surface area (Å²) < 4.78 is 4.92. The van der Waals surface area contributed by atoms with E-state index in [0.717, 1.165) is 26.2 Å². The Morgan fingerprint density at radius 1 is 1.46 bits per heavy atom. The number of likely N-dealkylation sites (N-methyl/N-ethyl adjacent to an activating group) is 1. The number of carbonyl (C=O) groups excluding carboxylic acids is 1. The zero-order chi connectivity index (χ0) is 9.68. The molecule has 1 aliphatic rings. The highest BCUT2D eigenvalue weighted by molar-refractivity contribution is 7.80. The van der Waals surface area contributed by atoms with Crippen LogP contribution < -0.4 is 0 Å². The van der Waals surface area contributed by atoms with E-state index < -0.39 is 0 Å². The monoisotopic (exact) mass is 204 g/mol. The molecule has 13 heavy (non-hydrogen) atoms. The number of nitrogens with zero attached hydrogens (tertiary/aromatic N) is 2. The largest absolute Gasteiger partial charge is 0.448 e. The van der Waals surface area contributed by atoms with Crippen molar-refractivity contribution in [3.8, 4) is 0 Å². The van der Waals surface area contributed by atoms with Gasteiger partial charge in [0.05, 0.1) is 0 Å². The van der Waals surface area contributed by atoms with Crippen LogP contribution in [0.1, 0.15) is 0 Å². The van der Waals surface area contributed by atoms with Crippen LogP contribution in [-0.4, -0.2) is 61.5 Å². The molecule has 1 saturated heterocycles. The van der Waals surface area contributed by atoms with Gasteiger partial charge in [-0.2, -0.15) is 12.6 Å². The predicted octanol–water partition coefficient (Wildman–Crippen LogP) is -0.337. The molecule has 1 atom stereocenters. The first kappa shape index (κ1) is 10.8. The number of ether oxygens (including phenoxy) is 1. The molecular formula is C8H16N2O2S. The van der Waals surface area contributed by atoms with Crippen molar-refractivity contribution in [1.82, 2.24) is 9.80 Å². The molecule has 1 heterocycles. The van der Waals surface area contributed by atoms with Crippen molar-refractivity contribution in [3.05, 3.63) is 0 Å². The Hall–Kier alpha value is -0.260. The zero-order valence-corrected chi connectivity index (χ0v) is 8.74. The van der Waals surface area contributed by atoms with Crippen molar-refractivity contribution in [2.75, 3.05) is 39.0 Å². The van der Waals surface area contributed by atoms with Gasteiger partial charge in [0.2, 0.25) is 0 Å². The highest BCUT2D eigenvalue weighted by Crippen LogP contribution is 2.06. The van der Waals surface area contributed by atoms with E-state index >= 15 is 0 Å². The Morgan fingerprint density at radius 3 is 2.54 bits per heavy atom. The SMILES string of the molecule is CN1CCN(C(CS)OC=O)CC1. The van der Waals surface area contributed by atoms with Crippen LogP contribution in [0.4, 0.5) is 0 Å². The zero-order valence-electron chi connectivity index (χ0n) is 7.85. The number of piperazine rings is 1. The fourth-order valence-electron chi connectivity index (χ4n) is 1.42. The maximum atomic E-state index is 10.2. The van der Waals surface area contributed by atoms with Gasteiger partial charge in [-0.15, -0.1) is 0 Å². The van der Waals surface area contributed by atoms with Crippen LogP contribution in [0.2, 0.25) is 0 Å². The molecule has 5 heteroatoms. The maximum absolute atomic E-state index is 10.2. The summed E-state index contributed by atoms with van der Waals surface area (Å²) >= 11 is 4.14. The third-order valence-corrected chi connectivity index (χ3v) is 2.63. The second kappa shape index (κ2) is 5.47. The minimum atomic E-state index is -0.158. The van der Waals surface area contributed by atoms with Crippen molar-refractivity contribution in [2.24, 2.45) is 0 Å². The summed E-state index contributed by atoms with van der Waals surface area (Å²) in [6, 6.07) is 0. The molecule has 0 aromatic carbocycles. The van der Waals surface area contributed by atoms with Gasteiger partial charge in [-0.3, -0.25) is 9.69 Å². The summed E-state index contributed by atoms with van der Waals surface area (Å²) in [5.74, 6) is 0.558. The summed E-state index contributed by atoms with van der Waals surface area (Å²) in [4.78, 5) is 14.6. The Bertz CT molecular complexity index is 160. The summed E-state index contributed by atoms with van der Waals surface area (Å²) in [6.07, 6.45) is -0.158. The van der Waals surface area contributed by atoms with Crippen LogP contribution in [0.3, 0.4) is 0 Å². The molecule has 0 N–H and O–H groups in total. The van der Waals surface area contributed by atoms with Gasteiger partial charge in [-0.05, 0) is 7.05 Å². The fourth-order valence-corrected chi connectivity index (χ4v) is 1.74. The van der Waals surface area contributed by atoms with Gasteiger partial charge in [0.25, 0.3) is 6.47 Å². The van der Waals surface area contributed by atoms with Crippen molar-refractivity contribution >= 4 is 19.1 Å². The van der Waals surface area contributed by atoms with E-state index in [2.05, 4.69) is 29.5 Å². The minimum absolute atomic E-state index is 0.158. The molecule has 0 aromatic heterocycles. The lowest BCUT2D eigenvalue weighted by atomic mass is 10.3. The van der Waals surface area contributed by atoms with Crippen LogP contribution in [-0.2, 0) is 9.53 Å². The number of hydrogen-bond donors (Lipinski definition) is 1. The molecule has 1 fully saturated rings. The van der Waals surface area contributed by atoms with E-state index in [9.17, 15) is 4.79 Å². The summed E-state index contributed by atoms with van der Waals surface area (Å²) in [7, 11) is 2.09. The van der Waals surface area contributed by atoms with Crippen molar-refractivity contribution in [3.63, 3.8) is 0 Å². The second-order valence-corrected chi connectivity index (χ2v) is 3.57. The topological polar surface area (TPSA) is 32.8 Å². The molecule has 0 aliphatic carbocycles. The van der Waals surface area contributed by atoms with Gasteiger partial charge < -0.3 is 9.64 Å². The summed E-state index contributed by atoms with van der Waals surface area (Å²) in [5, 5.41) is 0. The lowest BCUT2D eigenvalue weighted by Crippen LogP contribution is -2.50. The van der Waals surface area contributed by atoms with Gasteiger partial charge >= 0.3 is 0 Å². The fraction of sp³-hybridized carbons (Fsp3) is 0.875. The molecule has 1 aliphatic heterocycles. The Labute approximate surface area is 84.2 Å². The maximum Gasteiger partial charge on any atom is 0.294 e. The first-order valence-corrected chi connectivity index (χ1v) is 5.03. The lowest BCUT2D eigenvalue weighted by molar-refractivity contribution is -0.142. The highest BCUT2D eigenvalue weighted by Gasteiger charge is 2.21. The third-order valence-electron chi connectivity index (χ3n) is 2.31. The van der Waals surface area contributed by atoms with Crippen LogP contribution >= 0.6 is 12.6 Å². The highest BCUT2D eigenvalue weighted by atomic mass is 32.1. The molecule has 4 nitrogen and oxygen atoms in total. The standard InChI is InChI=1S/C8H16N2O2S/c1-9-2-4-10(5-3-9)8(6-13)12-7-11/h7-8,13H,2-6H2,1H3. The molecule has 0 radical (unpaired) electrons. The first-order chi connectivity index (χ1) is 6.27. The number of rotatable bonds is 4. The van der Waals surface area contributed by atoms with E-state index in [4.69, 9.17) is 4.74 Å². The number of carbonyl (C=O) groups is 1. The van der Waals surface area contributed by atoms with Crippen LogP contribution in [0.5, 0.6) is 0 Å². The average Bonchev–Trinajstić information content (AvgIpc) is 2.16. The summed E-state index contributed by atoms with van der Waals surface area (Å²) in [6.45, 7) is 4.42. The Kier molecular flexibility index (Phi) is 4.55. The first-order valence-electron chi connectivity index (χ1n) is 4.40. The quantitative estimate of drug-likeness (QED) is 0.502. The molecule has 0 spiro atoms. The van der Waals surface area contributed by atoms with E-state index in [0.29, 0.717) is 12.2 Å². The van der Waals surface area contributed by atoms with Crippen LogP contribution in [0.25, 0.3) is 0 Å². The summed E-state index contributed by atoms with van der Waals surface area (Å²) in [5.41, 5.74) is 0.